The van der Waals surface area contributed by atoms with Crippen LogP contribution in [0.5, 0.6) is 0 Å². The van der Waals surface area contributed by atoms with Crippen LogP contribution < -0.4 is 0 Å². The number of hydrogen-bond donors (Lipinski definition) is 1. The number of ether oxygens (including phenoxy) is 3. The molecule has 1 aliphatic carbocycles. The first-order valence-corrected chi connectivity index (χ1v) is 11.5. The van der Waals surface area contributed by atoms with Crippen LogP contribution in [0.2, 0.25) is 0 Å². The molecule has 1 saturated carbocycles. The number of rotatable bonds is 10. The van der Waals surface area contributed by atoms with Gasteiger partial charge in [-0.05, 0) is 64.7 Å². The van der Waals surface area contributed by atoms with Crippen LogP contribution in [0.15, 0.2) is 0 Å². The molecule has 9 heteroatoms. The van der Waals surface area contributed by atoms with Gasteiger partial charge in [-0.15, -0.1) is 0 Å². The normalized spacial score (nSPS) is 23.4. The lowest BCUT2D eigenvalue weighted by molar-refractivity contribution is -0.157. The van der Waals surface area contributed by atoms with E-state index < -0.39 is 11.4 Å². The summed E-state index contributed by atoms with van der Waals surface area (Å²) in [5.41, 5.74) is -1.01. The van der Waals surface area contributed by atoms with Crippen molar-refractivity contribution in [1.29, 1.82) is 0 Å². The SMILES string of the molecule is CCOC(=O)CCC1CC(C)C(OC(=O)Cc2nc(C(C)(C)C(=O)OCC)n[nH]2)C(C)C1. The quantitative estimate of drug-likeness (QED) is 0.425. The third-order valence-electron chi connectivity index (χ3n) is 6.05. The van der Waals surface area contributed by atoms with Crippen LogP contribution in [0.4, 0.5) is 0 Å². The first-order chi connectivity index (χ1) is 15.1. The molecular weight excluding hydrogens is 414 g/mol. The van der Waals surface area contributed by atoms with Gasteiger partial charge < -0.3 is 14.2 Å². The Kier molecular flexibility index (Phi) is 9.21. The molecule has 1 N–H and O–H groups in total. The van der Waals surface area contributed by atoms with Gasteiger partial charge in [0, 0.05) is 6.42 Å². The minimum atomic E-state index is -1.01. The van der Waals surface area contributed by atoms with E-state index in [0.717, 1.165) is 19.3 Å². The molecule has 2 rings (SSSR count). The van der Waals surface area contributed by atoms with E-state index in [9.17, 15) is 14.4 Å². The molecule has 0 aliphatic heterocycles. The zero-order chi connectivity index (χ0) is 23.9. The Bertz CT molecular complexity index is 778. The van der Waals surface area contributed by atoms with Gasteiger partial charge in [0.25, 0.3) is 0 Å². The molecule has 0 radical (unpaired) electrons. The van der Waals surface area contributed by atoms with Gasteiger partial charge in [0.2, 0.25) is 0 Å². The van der Waals surface area contributed by atoms with E-state index in [2.05, 4.69) is 29.0 Å². The topological polar surface area (TPSA) is 120 Å². The molecule has 1 aromatic heterocycles. The molecule has 0 aromatic carbocycles. The molecule has 1 aromatic rings. The maximum Gasteiger partial charge on any atom is 0.319 e. The van der Waals surface area contributed by atoms with Gasteiger partial charge in [0.15, 0.2) is 5.82 Å². The van der Waals surface area contributed by atoms with Gasteiger partial charge in [0.05, 0.1) is 13.2 Å². The first kappa shape index (κ1) is 25.8. The number of hydrogen-bond acceptors (Lipinski definition) is 8. The minimum Gasteiger partial charge on any atom is -0.466 e. The highest BCUT2D eigenvalue weighted by Crippen LogP contribution is 2.37. The molecule has 2 atom stereocenters. The largest absolute Gasteiger partial charge is 0.466 e. The highest BCUT2D eigenvalue weighted by atomic mass is 16.5. The number of H-pyrrole nitrogens is 1. The fourth-order valence-electron chi connectivity index (χ4n) is 4.39. The molecule has 0 bridgehead atoms. The van der Waals surface area contributed by atoms with E-state index in [0.29, 0.717) is 24.8 Å². The van der Waals surface area contributed by atoms with E-state index in [1.807, 2.05) is 6.92 Å². The molecule has 32 heavy (non-hydrogen) atoms. The maximum atomic E-state index is 12.6. The summed E-state index contributed by atoms with van der Waals surface area (Å²) < 4.78 is 15.9. The zero-order valence-electron chi connectivity index (χ0n) is 20.1. The summed E-state index contributed by atoms with van der Waals surface area (Å²) in [6.07, 6.45) is 2.81. The highest BCUT2D eigenvalue weighted by molar-refractivity contribution is 5.81. The van der Waals surface area contributed by atoms with Crippen molar-refractivity contribution in [3.05, 3.63) is 11.6 Å². The lowest BCUT2D eigenvalue weighted by Gasteiger charge is -2.38. The van der Waals surface area contributed by atoms with Crippen LogP contribution in [-0.2, 0) is 40.4 Å². The third-order valence-corrected chi connectivity index (χ3v) is 6.05. The lowest BCUT2D eigenvalue weighted by Crippen LogP contribution is -2.38. The average Bonchev–Trinajstić information content (AvgIpc) is 3.19. The summed E-state index contributed by atoms with van der Waals surface area (Å²) in [6.45, 7) is 11.7. The Morgan fingerprint density at radius 2 is 1.66 bits per heavy atom. The summed E-state index contributed by atoms with van der Waals surface area (Å²) in [5.74, 6) is 0.491. The van der Waals surface area contributed by atoms with E-state index >= 15 is 0 Å². The second kappa shape index (κ2) is 11.4. The number of aromatic amines is 1. The summed E-state index contributed by atoms with van der Waals surface area (Å²) >= 11 is 0. The molecule has 1 fully saturated rings. The lowest BCUT2D eigenvalue weighted by atomic mass is 9.73. The van der Waals surface area contributed by atoms with Crippen molar-refractivity contribution >= 4 is 17.9 Å². The van der Waals surface area contributed by atoms with Crippen LogP contribution in [0.25, 0.3) is 0 Å². The first-order valence-electron chi connectivity index (χ1n) is 11.5. The zero-order valence-corrected chi connectivity index (χ0v) is 20.1. The summed E-state index contributed by atoms with van der Waals surface area (Å²) in [4.78, 5) is 40.7. The Labute approximate surface area is 190 Å². The standard InChI is InChI=1S/C23H37N3O6/c1-7-30-18(27)10-9-16-11-14(3)20(15(4)12-16)32-19(28)13-17-24-21(26-25-17)23(5,6)22(29)31-8-2/h14-16,20H,7-13H2,1-6H3,(H,24,25,26). The molecule has 0 spiro atoms. The van der Waals surface area contributed by atoms with Crippen LogP contribution in [-0.4, -0.2) is 52.4 Å². The number of nitrogens with zero attached hydrogens (tertiary/aromatic N) is 2. The van der Waals surface area contributed by atoms with Crippen molar-refractivity contribution in [1.82, 2.24) is 15.2 Å². The molecule has 1 heterocycles. The second-order valence-electron chi connectivity index (χ2n) is 9.22. The Morgan fingerprint density at radius 1 is 1.03 bits per heavy atom. The summed E-state index contributed by atoms with van der Waals surface area (Å²) in [7, 11) is 0. The summed E-state index contributed by atoms with van der Waals surface area (Å²) in [5, 5.41) is 6.83. The molecule has 0 amide bonds. The monoisotopic (exact) mass is 451 g/mol. The fourth-order valence-corrected chi connectivity index (χ4v) is 4.39. The third kappa shape index (κ3) is 6.77. The summed E-state index contributed by atoms with van der Waals surface area (Å²) in [6, 6.07) is 0. The van der Waals surface area contributed by atoms with Crippen molar-refractivity contribution in [3.63, 3.8) is 0 Å². The van der Waals surface area contributed by atoms with Crippen LogP contribution >= 0.6 is 0 Å². The van der Waals surface area contributed by atoms with Crippen molar-refractivity contribution in [2.24, 2.45) is 17.8 Å². The molecule has 2 unspecified atom stereocenters. The smallest absolute Gasteiger partial charge is 0.319 e. The molecular formula is C23H37N3O6. The van der Waals surface area contributed by atoms with Crippen LogP contribution in [0.1, 0.15) is 78.9 Å². The van der Waals surface area contributed by atoms with E-state index in [1.54, 1.807) is 20.8 Å². The maximum absolute atomic E-state index is 12.6. The highest BCUT2D eigenvalue weighted by Gasteiger charge is 2.37. The molecule has 180 valence electrons. The Hall–Kier alpha value is -2.45. The molecule has 1 aliphatic rings. The van der Waals surface area contributed by atoms with Gasteiger partial charge in [-0.2, -0.15) is 5.10 Å². The van der Waals surface area contributed by atoms with Crippen molar-refractivity contribution in [3.8, 4) is 0 Å². The number of aromatic nitrogens is 3. The predicted molar refractivity (Wildman–Crippen MR) is 117 cm³/mol. The minimum absolute atomic E-state index is 0.0475. The molecule has 0 saturated heterocycles. The van der Waals surface area contributed by atoms with Gasteiger partial charge >= 0.3 is 17.9 Å². The van der Waals surface area contributed by atoms with Gasteiger partial charge in [-0.3, -0.25) is 19.5 Å². The van der Waals surface area contributed by atoms with E-state index in [1.165, 1.54) is 0 Å². The second-order valence-corrected chi connectivity index (χ2v) is 9.22. The van der Waals surface area contributed by atoms with Crippen LogP contribution in [0.3, 0.4) is 0 Å². The van der Waals surface area contributed by atoms with Crippen molar-refractivity contribution in [2.75, 3.05) is 13.2 Å². The van der Waals surface area contributed by atoms with Crippen LogP contribution in [0, 0.1) is 17.8 Å². The van der Waals surface area contributed by atoms with Gasteiger partial charge in [0.1, 0.15) is 23.8 Å². The van der Waals surface area contributed by atoms with Crippen molar-refractivity contribution in [2.45, 2.75) is 85.2 Å². The average molecular weight is 452 g/mol. The number of carbonyl (C=O) groups excluding carboxylic acids is 3. The number of carbonyl (C=O) groups is 3. The number of nitrogens with one attached hydrogen (secondary N) is 1. The molecule has 9 nitrogen and oxygen atoms in total. The Balaban J connectivity index is 1.89. The predicted octanol–water partition coefficient (Wildman–Crippen LogP) is 3.13. The Morgan fingerprint density at radius 3 is 2.25 bits per heavy atom. The van der Waals surface area contributed by atoms with Gasteiger partial charge in [-0.1, -0.05) is 13.8 Å². The number of esters is 3. The van der Waals surface area contributed by atoms with Crippen molar-refractivity contribution < 1.29 is 28.6 Å². The fraction of sp³-hybridized carbons (Fsp3) is 0.783. The van der Waals surface area contributed by atoms with E-state index in [-0.39, 0.29) is 48.7 Å². The van der Waals surface area contributed by atoms with E-state index in [4.69, 9.17) is 14.2 Å². The van der Waals surface area contributed by atoms with Gasteiger partial charge in [-0.25, -0.2) is 4.98 Å².